The predicted octanol–water partition coefficient (Wildman–Crippen LogP) is 9.41. The number of hydrogen-bond donors (Lipinski definition) is 0. The molecular weight excluding hydrogens is 492 g/mol. The molecule has 0 spiro atoms. The monoisotopic (exact) mass is 554 g/mol. The lowest BCUT2D eigenvalue weighted by molar-refractivity contribution is -0.167. The van der Waals surface area contributed by atoms with Crippen LogP contribution < -0.4 is 0 Å². The molecule has 0 aromatic carbocycles. The topological polar surface area (TPSA) is 78.9 Å². The van der Waals surface area contributed by atoms with Gasteiger partial charge in [-0.15, -0.1) is 0 Å². The largest absolute Gasteiger partial charge is 0.462 e. The molecule has 0 bridgehead atoms. The fourth-order valence-electron chi connectivity index (χ4n) is 4.56. The van der Waals surface area contributed by atoms with Gasteiger partial charge < -0.3 is 14.2 Å². The van der Waals surface area contributed by atoms with E-state index in [1.165, 1.54) is 64.2 Å². The summed E-state index contributed by atoms with van der Waals surface area (Å²) in [4.78, 5) is 36.7. The molecule has 0 fully saturated rings. The fraction of sp³-hybridized carbons (Fsp3) is 0.909. The molecule has 0 saturated carbocycles. The highest BCUT2D eigenvalue weighted by atomic mass is 16.6. The van der Waals surface area contributed by atoms with E-state index in [2.05, 4.69) is 20.8 Å². The summed E-state index contributed by atoms with van der Waals surface area (Å²) in [6.45, 7) is 6.42. The lowest BCUT2D eigenvalue weighted by atomic mass is 10.1. The smallest absolute Gasteiger partial charge is 0.306 e. The normalized spacial score (nSPS) is 11.8. The molecule has 1 atom stereocenters. The first-order valence-corrected chi connectivity index (χ1v) is 16.5. The van der Waals surface area contributed by atoms with Crippen LogP contribution in [0.4, 0.5) is 0 Å². The van der Waals surface area contributed by atoms with E-state index in [4.69, 9.17) is 14.2 Å². The Hall–Kier alpha value is -1.59. The van der Waals surface area contributed by atoms with Gasteiger partial charge in [-0.3, -0.25) is 14.4 Å². The minimum Gasteiger partial charge on any atom is -0.462 e. The maximum atomic E-state index is 12.3. The van der Waals surface area contributed by atoms with Crippen molar-refractivity contribution in [2.24, 2.45) is 0 Å². The maximum absolute atomic E-state index is 12.3. The third-order valence-electron chi connectivity index (χ3n) is 7.11. The van der Waals surface area contributed by atoms with Gasteiger partial charge >= 0.3 is 17.9 Å². The summed E-state index contributed by atoms with van der Waals surface area (Å²) in [5.74, 6) is -0.901. The molecule has 230 valence electrons. The Bertz CT molecular complexity index is 577. The molecule has 0 saturated heterocycles. The van der Waals surface area contributed by atoms with Gasteiger partial charge in [-0.2, -0.15) is 0 Å². The van der Waals surface area contributed by atoms with Gasteiger partial charge in [-0.05, 0) is 19.3 Å². The highest BCUT2D eigenvalue weighted by Crippen LogP contribution is 2.13. The SMILES string of the molecule is CCCCCCCCCCCCCC(=O)OCC(COC(=O)CCCCCCC)OC(=O)CCCCCCC. The summed E-state index contributed by atoms with van der Waals surface area (Å²) in [6.07, 6.45) is 24.3. The van der Waals surface area contributed by atoms with Gasteiger partial charge in [0.05, 0.1) is 0 Å². The van der Waals surface area contributed by atoms with Gasteiger partial charge in [-0.25, -0.2) is 0 Å². The molecule has 0 aromatic rings. The molecule has 0 amide bonds. The Morgan fingerprint density at radius 1 is 0.410 bits per heavy atom. The van der Waals surface area contributed by atoms with Crippen molar-refractivity contribution < 1.29 is 28.6 Å². The average Bonchev–Trinajstić information content (AvgIpc) is 2.93. The van der Waals surface area contributed by atoms with Crippen LogP contribution in [0, 0.1) is 0 Å². The number of rotatable bonds is 29. The van der Waals surface area contributed by atoms with Crippen LogP contribution in [0.3, 0.4) is 0 Å². The molecule has 39 heavy (non-hydrogen) atoms. The van der Waals surface area contributed by atoms with Crippen molar-refractivity contribution in [3.63, 3.8) is 0 Å². The molecule has 0 aliphatic carbocycles. The zero-order valence-electron chi connectivity index (χ0n) is 25.9. The first-order valence-electron chi connectivity index (χ1n) is 16.5. The quantitative estimate of drug-likeness (QED) is 0.0520. The van der Waals surface area contributed by atoms with Crippen LogP contribution in [-0.2, 0) is 28.6 Å². The van der Waals surface area contributed by atoms with Gasteiger partial charge in [0.25, 0.3) is 0 Å². The van der Waals surface area contributed by atoms with E-state index >= 15 is 0 Å². The first-order chi connectivity index (χ1) is 19.0. The van der Waals surface area contributed by atoms with Crippen molar-refractivity contribution in [1.82, 2.24) is 0 Å². The summed E-state index contributed by atoms with van der Waals surface area (Å²) in [7, 11) is 0. The van der Waals surface area contributed by atoms with Gasteiger partial charge in [0.1, 0.15) is 13.2 Å². The van der Waals surface area contributed by atoms with E-state index in [1.54, 1.807) is 0 Å². The van der Waals surface area contributed by atoms with Gasteiger partial charge in [0.15, 0.2) is 6.10 Å². The number of carbonyl (C=O) groups is 3. The van der Waals surface area contributed by atoms with Gasteiger partial charge in [-0.1, -0.05) is 136 Å². The summed E-state index contributed by atoms with van der Waals surface area (Å²) in [6, 6.07) is 0. The van der Waals surface area contributed by atoms with E-state index in [1.807, 2.05) is 0 Å². The van der Waals surface area contributed by atoms with E-state index < -0.39 is 6.10 Å². The molecule has 6 heteroatoms. The Balaban J connectivity index is 4.23. The number of unbranched alkanes of at least 4 members (excludes halogenated alkanes) is 18. The summed E-state index contributed by atoms with van der Waals surface area (Å²) < 4.78 is 16.3. The number of carbonyl (C=O) groups excluding carboxylic acids is 3. The third-order valence-corrected chi connectivity index (χ3v) is 7.11. The molecule has 0 aliphatic heterocycles. The van der Waals surface area contributed by atoms with Crippen LogP contribution >= 0.6 is 0 Å². The van der Waals surface area contributed by atoms with E-state index in [0.29, 0.717) is 19.3 Å². The molecule has 1 unspecified atom stereocenters. The number of esters is 3. The lowest BCUT2D eigenvalue weighted by Gasteiger charge is -2.18. The Morgan fingerprint density at radius 2 is 0.692 bits per heavy atom. The molecule has 0 heterocycles. The summed E-state index contributed by atoms with van der Waals surface area (Å²) >= 11 is 0. The van der Waals surface area contributed by atoms with Crippen molar-refractivity contribution in [2.75, 3.05) is 13.2 Å². The highest BCUT2D eigenvalue weighted by Gasteiger charge is 2.19. The predicted molar refractivity (Wildman–Crippen MR) is 160 cm³/mol. The van der Waals surface area contributed by atoms with Crippen LogP contribution in [0.25, 0.3) is 0 Å². The Morgan fingerprint density at radius 3 is 1.03 bits per heavy atom. The fourth-order valence-corrected chi connectivity index (χ4v) is 4.56. The second-order valence-corrected chi connectivity index (χ2v) is 11.1. The minimum absolute atomic E-state index is 0.0672. The molecule has 6 nitrogen and oxygen atoms in total. The van der Waals surface area contributed by atoms with Crippen LogP contribution in [0.2, 0.25) is 0 Å². The van der Waals surface area contributed by atoms with Crippen LogP contribution in [0.15, 0.2) is 0 Å². The number of hydrogen-bond acceptors (Lipinski definition) is 6. The van der Waals surface area contributed by atoms with Crippen molar-refractivity contribution in [3.05, 3.63) is 0 Å². The summed E-state index contributed by atoms with van der Waals surface area (Å²) in [5, 5.41) is 0. The van der Waals surface area contributed by atoms with Crippen LogP contribution in [-0.4, -0.2) is 37.2 Å². The molecule has 0 aliphatic rings. The third kappa shape index (κ3) is 27.8. The second kappa shape index (κ2) is 29.4. The van der Waals surface area contributed by atoms with Crippen molar-refractivity contribution in [1.29, 1.82) is 0 Å². The maximum Gasteiger partial charge on any atom is 0.306 e. The number of ether oxygens (including phenoxy) is 3. The van der Waals surface area contributed by atoms with Crippen LogP contribution in [0.5, 0.6) is 0 Å². The zero-order chi connectivity index (χ0) is 28.8. The molecule has 0 aromatic heterocycles. The van der Waals surface area contributed by atoms with E-state index in [9.17, 15) is 14.4 Å². The Kier molecular flexibility index (Phi) is 28.2. The summed E-state index contributed by atoms with van der Waals surface area (Å²) in [5.41, 5.74) is 0. The Labute approximate surface area is 240 Å². The zero-order valence-corrected chi connectivity index (χ0v) is 25.9. The van der Waals surface area contributed by atoms with E-state index in [-0.39, 0.29) is 31.1 Å². The van der Waals surface area contributed by atoms with Crippen molar-refractivity contribution in [2.45, 2.75) is 181 Å². The van der Waals surface area contributed by atoms with Gasteiger partial charge in [0, 0.05) is 19.3 Å². The molecule has 0 rings (SSSR count). The standard InChI is InChI=1S/C33H62O6/c1-4-7-10-13-14-15-16-17-18-21-23-26-32(35)38-29-30(39-33(36)27-24-20-12-9-6-3)28-37-31(34)25-22-19-11-8-5-2/h30H,4-29H2,1-3H3. The second-order valence-electron chi connectivity index (χ2n) is 11.1. The molecular formula is C33H62O6. The van der Waals surface area contributed by atoms with Crippen molar-refractivity contribution >= 4 is 17.9 Å². The van der Waals surface area contributed by atoms with E-state index in [0.717, 1.165) is 70.6 Å². The highest BCUT2D eigenvalue weighted by molar-refractivity contribution is 5.71. The van der Waals surface area contributed by atoms with Gasteiger partial charge in [0.2, 0.25) is 0 Å². The molecule has 0 N–H and O–H groups in total. The average molecular weight is 555 g/mol. The first kappa shape index (κ1) is 37.4. The molecule has 0 radical (unpaired) electrons. The van der Waals surface area contributed by atoms with Crippen LogP contribution in [0.1, 0.15) is 175 Å². The van der Waals surface area contributed by atoms with Crippen molar-refractivity contribution in [3.8, 4) is 0 Å². The lowest BCUT2D eigenvalue weighted by Crippen LogP contribution is -2.30. The minimum atomic E-state index is -0.751.